The molecule has 0 fully saturated rings. The van der Waals surface area contributed by atoms with Crippen molar-refractivity contribution in [2.45, 2.75) is 65.1 Å². The van der Waals surface area contributed by atoms with Gasteiger partial charge >= 0.3 is 0 Å². The lowest BCUT2D eigenvalue weighted by molar-refractivity contribution is 0.415. The van der Waals surface area contributed by atoms with Crippen molar-refractivity contribution >= 4 is 25.0 Å². The Morgan fingerprint density at radius 1 is 1.21 bits per heavy atom. The molecule has 1 aromatic carbocycles. The number of ether oxygens (including phenoxy) is 1. The Hall–Kier alpha value is -2.25. The first-order chi connectivity index (χ1) is 13.1. The van der Waals surface area contributed by atoms with E-state index in [0.717, 1.165) is 47.2 Å². The van der Waals surface area contributed by atoms with Crippen LogP contribution in [0, 0.1) is 11.8 Å². The molecule has 0 N–H and O–H groups in total. The lowest BCUT2D eigenvalue weighted by Gasteiger charge is -2.37. The number of hydrogen-bond acceptors (Lipinski definition) is 3. The van der Waals surface area contributed by atoms with E-state index in [1.807, 2.05) is 18.2 Å². The molecule has 4 heteroatoms. The number of pyridine rings is 1. The minimum absolute atomic E-state index is 0.0937. The summed E-state index contributed by atoms with van der Waals surface area (Å²) in [5.41, 5.74) is 2.50. The molecule has 0 aliphatic heterocycles. The predicted octanol–water partition coefficient (Wildman–Crippen LogP) is 6.78. The van der Waals surface area contributed by atoms with Crippen molar-refractivity contribution in [3.05, 3.63) is 42.1 Å². The minimum Gasteiger partial charge on any atom is -0.543 e. The molecule has 3 nitrogen and oxygen atoms in total. The van der Waals surface area contributed by atoms with E-state index in [4.69, 9.17) is 14.1 Å². The zero-order valence-corrected chi connectivity index (χ0v) is 19.4. The third kappa shape index (κ3) is 5.17. The second-order valence-corrected chi connectivity index (χ2v) is 13.4. The fourth-order valence-corrected chi connectivity index (χ4v) is 3.55. The van der Waals surface area contributed by atoms with E-state index in [1.165, 1.54) is 0 Å². The maximum absolute atomic E-state index is 6.47. The highest BCUT2D eigenvalue weighted by Gasteiger charge is 2.39. The molecule has 0 bridgehead atoms. The maximum atomic E-state index is 6.47. The summed E-state index contributed by atoms with van der Waals surface area (Å²) in [6.45, 7) is 17.5. The molecule has 0 aliphatic rings. The molecule has 0 unspecified atom stereocenters. The average Bonchev–Trinajstić information content (AvgIpc) is 2.62. The van der Waals surface area contributed by atoms with Crippen molar-refractivity contribution in [1.82, 2.24) is 4.98 Å². The van der Waals surface area contributed by atoms with Gasteiger partial charge in [0.15, 0.2) is 0 Å². The van der Waals surface area contributed by atoms with Gasteiger partial charge in [-0.1, -0.05) is 46.6 Å². The summed E-state index contributed by atoms with van der Waals surface area (Å²) < 4.78 is 11.8. The molecule has 0 saturated heterocycles. The first-order valence-electron chi connectivity index (χ1n) is 9.95. The lowest BCUT2D eigenvalue weighted by Crippen LogP contribution is -2.40. The van der Waals surface area contributed by atoms with Crippen LogP contribution in [-0.2, 0) is 4.43 Å². The molecule has 0 radical (unpaired) electrons. The lowest BCUT2D eigenvalue weighted by atomic mass is 10.1. The molecule has 1 aromatic heterocycles. The van der Waals surface area contributed by atoms with Crippen LogP contribution in [0.5, 0.6) is 5.75 Å². The minimum atomic E-state index is -2.00. The van der Waals surface area contributed by atoms with Crippen molar-refractivity contribution in [1.29, 1.82) is 0 Å². The summed E-state index contributed by atoms with van der Waals surface area (Å²) in [5.74, 6) is 7.97. The van der Waals surface area contributed by atoms with Crippen LogP contribution in [0.1, 0.15) is 58.2 Å². The quantitative estimate of drug-likeness (QED) is 0.234. The molecule has 0 saturated carbocycles. The third-order valence-corrected chi connectivity index (χ3v) is 9.74. The van der Waals surface area contributed by atoms with Crippen LogP contribution >= 0.6 is 0 Å². The first kappa shape index (κ1) is 22.0. The van der Waals surface area contributed by atoms with E-state index in [9.17, 15) is 0 Å². The molecule has 0 atom stereocenters. The van der Waals surface area contributed by atoms with Crippen molar-refractivity contribution in [2.75, 3.05) is 7.11 Å². The Kier molecular flexibility index (Phi) is 6.95. The van der Waals surface area contributed by atoms with Gasteiger partial charge in [0.25, 0.3) is 0 Å². The summed E-state index contributed by atoms with van der Waals surface area (Å²) in [4.78, 5) is 4.81. The van der Waals surface area contributed by atoms with Crippen LogP contribution < -0.4 is 4.74 Å². The van der Waals surface area contributed by atoms with Gasteiger partial charge in [-0.3, -0.25) is 0 Å². The average molecular weight is 396 g/mol. The number of hydrogen-bond donors (Lipinski definition) is 0. The predicted molar refractivity (Wildman–Crippen MR) is 122 cm³/mol. The van der Waals surface area contributed by atoms with E-state index in [1.54, 1.807) is 7.11 Å². The van der Waals surface area contributed by atoms with Crippen LogP contribution in [0.25, 0.3) is 16.7 Å². The Labute approximate surface area is 171 Å². The monoisotopic (exact) mass is 395 g/mol. The topological polar surface area (TPSA) is 31.4 Å². The van der Waals surface area contributed by atoms with Crippen molar-refractivity contribution in [3.8, 4) is 17.6 Å². The first-order valence-corrected chi connectivity index (χ1v) is 12.9. The highest BCUT2D eigenvalue weighted by atomic mass is 28.4. The van der Waals surface area contributed by atoms with Crippen molar-refractivity contribution in [2.24, 2.45) is 0 Å². The second-order valence-electron chi connectivity index (χ2n) is 8.63. The zero-order chi connectivity index (χ0) is 20.9. The fraction of sp³-hybridized carbons (Fsp3) is 0.458. The number of nitrogens with zero attached hydrogens (tertiary/aromatic N) is 1. The number of aromatic nitrogens is 1. The summed E-state index contributed by atoms with van der Waals surface area (Å²) in [6.07, 6.45) is 3.09. The van der Waals surface area contributed by atoms with Gasteiger partial charge in [-0.05, 0) is 54.7 Å². The summed E-state index contributed by atoms with van der Waals surface area (Å²) in [7, 11) is -0.334. The van der Waals surface area contributed by atoms with Gasteiger partial charge in [0.05, 0.1) is 12.6 Å². The van der Waals surface area contributed by atoms with E-state index in [0.29, 0.717) is 5.76 Å². The van der Waals surface area contributed by atoms with Crippen LogP contribution in [-0.4, -0.2) is 20.4 Å². The Bertz CT molecular complexity index is 914. The fourth-order valence-electron chi connectivity index (χ4n) is 2.52. The van der Waals surface area contributed by atoms with E-state index in [2.05, 4.69) is 65.3 Å². The van der Waals surface area contributed by atoms with Gasteiger partial charge in [0, 0.05) is 17.4 Å². The normalized spacial score (nSPS) is 11.7. The number of methoxy groups -OCH3 is 1. The molecule has 0 aliphatic carbocycles. The van der Waals surface area contributed by atoms with Gasteiger partial charge < -0.3 is 9.16 Å². The Balaban J connectivity index is 2.52. The number of benzene rings is 1. The second kappa shape index (κ2) is 8.83. The van der Waals surface area contributed by atoms with Crippen molar-refractivity contribution < 1.29 is 9.16 Å². The highest BCUT2D eigenvalue weighted by Crippen LogP contribution is 2.39. The molecular formula is C24H33NO2Si. The van der Waals surface area contributed by atoms with E-state index >= 15 is 0 Å². The number of rotatable bonds is 6. The summed E-state index contributed by atoms with van der Waals surface area (Å²) in [5, 5.41) is 1.09. The van der Waals surface area contributed by atoms with E-state index in [-0.39, 0.29) is 5.04 Å². The Morgan fingerprint density at radius 2 is 1.93 bits per heavy atom. The summed E-state index contributed by atoms with van der Waals surface area (Å²) >= 11 is 0. The molecule has 2 rings (SSSR count). The van der Waals surface area contributed by atoms with Gasteiger partial charge in [-0.25, -0.2) is 4.98 Å². The van der Waals surface area contributed by atoms with E-state index < -0.39 is 8.32 Å². The third-order valence-electron chi connectivity index (χ3n) is 5.37. The maximum Gasteiger partial charge on any atom is 0.250 e. The molecule has 28 heavy (non-hydrogen) atoms. The molecule has 0 spiro atoms. The van der Waals surface area contributed by atoms with Crippen LogP contribution in [0.4, 0.5) is 0 Å². The summed E-state index contributed by atoms with van der Waals surface area (Å²) in [6, 6.07) is 7.95. The molecular weight excluding hydrogens is 362 g/mol. The van der Waals surface area contributed by atoms with Gasteiger partial charge in [-0.15, -0.1) is 0 Å². The van der Waals surface area contributed by atoms with Crippen molar-refractivity contribution in [3.63, 3.8) is 0 Å². The molecule has 150 valence electrons. The number of unbranched alkanes of at least 4 members (excludes halogenated alkanes) is 2. The van der Waals surface area contributed by atoms with Crippen LogP contribution in [0.3, 0.4) is 0 Å². The standard InChI is InChI=1S/C24H33NO2Si/c1-9-10-11-12-13-23-21(18(2)27-28(7,8)24(3,4)5)17-19-16-20(26-6)14-15-22(19)25-23/h14-17H,2,9-11H2,1,3-8H3. The smallest absolute Gasteiger partial charge is 0.250 e. The molecule has 0 amide bonds. The van der Waals surface area contributed by atoms with Gasteiger partial charge in [0.2, 0.25) is 8.32 Å². The van der Waals surface area contributed by atoms with Crippen LogP contribution in [0.2, 0.25) is 18.1 Å². The molecule has 1 heterocycles. The van der Waals surface area contributed by atoms with Gasteiger partial charge in [-0.2, -0.15) is 0 Å². The largest absolute Gasteiger partial charge is 0.543 e. The van der Waals surface area contributed by atoms with Gasteiger partial charge in [0.1, 0.15) is 17.2 Å². The molecule has 2 aromatic rings. The van der Waals surface area contributed by atoms with Crippen LogP contribution in [0.15, 0.2) is 30.8 Å². The highest BCUT2D eigenvalue weighted by molar-refractivity contribution is 6.74. The SMILES string of the molecule is C=C(O[Si](C)(C)C(C)(C)C)c1cc2cc(OC)ccc2nc1C#CCCCC. The zero-order valence-electron chi connectivity index (χ0n) is 18.4. The Morgan fingerprint density at radius 3 is 2.54 bits per heavy atom. The number of fused-ring (bicyclic) bond motifs is 1.